The molecule has 2 amide bonds. The molecule has 0 spiro atoms. The molecule has 4 rings (SSSR count). The maximum absolute atomic E-state index is 12.8. The first-order chi connectivity index (χ1) is 14.9. The number of aromatic nitrogens is 3. The van der Waals surface area contributed by atoms with E-state index in [1.807, 2.05) is 34.2 Å². The summed E-state index contributed by atoms with van der Waals surface area (Å²) in [6.45, 7) is 10.7. The lowest BCUT2D eigenvalue weighted by molar-refractivity contribution is -0.136. The van der Waals surface area contributed by atoms with Gasteiger partial charge in [-0.1, -0.05) is 13.8 Å². The largest absolute Gasteiger partial charge is 0.343 e. The van der Waals surface area contributed by atoms with Gasteiger partial charge in [-0.2, -0.15) is 5.10 Å². The smallest absolute Gasteiger partial charge is 0.225 e. The third-order valence-corrected chi connectivity index (χ3v) is 7.14. The predicted octanol–water partition coefficient (Wildman–Crippen LogP) is 3.61. The van der Waals surface area contributed by atoms with Gasteiger partial charge in [0.05, 0.1) is 11.7 Å². The Hall–Kier alpha value is -2.44. The Labute approximate surface area is 184 Å². The lowest BCUT2D eigenvalue weighted by Gasteiger charge is -2.26. The highest BCUT2D eigenvalue weighted by atomic mass is 16.2. The van der Waals surface area contributed by atoms with E-state index in [2.05, 4.69) is 13.8 Å². The van der Waals surface area contributed by atoms with Crippen molar-refractivity contribution in [2.45, 2.75) is 78.7 Å². The molecule has 2 aromatic rings. The number of carbonyl (C=O) groups is 2. The molecule has 2 saturated heterocycles. The molecule has 168 valence electrons. The molecule has 0 N–H and O–H groups in total. The first-order valence-electron chi connectivity index (χ1n) is 11.8. The van der Waals surface area contributed by atoms with Crippen molar-refractivity contribution in [1.29, 1.82) is 0 Å². The van der Waals surface area contributed by atoms with Gasteiger partial charge in [-0.15, -0.1) is 0 Å². The summed E-state index contributed by atoms with van der Waals surface area (Å²) in [4.78, 5) is 34.1. The number of carbonyl (C=O) groups excluding carboxylic acids is 2. The second-order valence-electron chi connectivity index (χ2n) is 9.19. The summed E-state index contributed by atoms with van der Waals surface area (Å²) in [6, 6.07) is 2.06. The summed E-state index contributed by atoms with van der Waals surface area (Å²) >= 11 is 0. The number of fused-ring (bicyclic) bond motifs is 1. The Morgan fingerprint density at radius 3 is 2.61 bits per heavy atom. The third kappa shape index (κ3) is 4.19. The van der Waals surface area contributed by atoms with Crippen LogP contribution in [0.5, 0.6) is 0 Å². The van der Waals surface area contributed by atoms with Crippen LogP contribution < -0.4 is 0 Å². The number of hydrogen-bond donors (Lipinski definition) is 0. The molecule has 0 unspecified atom stereocenters. The first kappa shape index (κ1) is 21.8. The Kier molecular flexibility index (Phi) is 6.30. The highest BCUT2D eigenvalue weighted by molar-refractivity contribution is 5.79. The number of nitrogens with zero attached hydrogens (tertiary/aromatic N) is 5. The van der Waals surface area contributed by atoms with Gasteiger partial charge in [-0.3, -0.25) is 9.59 Å². The minimum absolute atomic E-state index is 0.0306. The third-order valence-electron chi connectivity index (χ3n) is 7.14. The minimum Gasteiger partial charge on any atom is -0.343 e. The van der Waals surface area contributed by atoms with Crippen LogP contribution in [0.2, 0.25) is 0 Å². The molecule has 0 radical (unpaired) electrons. The van der Waals surface area contributed by atoms with Gasteiger partial charge in [-0.25, -0.2) is 9.50 Å². The van der Waals surface area contributed by atoms with Crippen molar-refractivity contribution in [2.75, 3.05) is 19.6 Å². The van der Waals surface area contributed by atoms with E-state index in [-0.39, 0.29) is 23.8 Å². The lowest BCUT2D eigenvalue weighted by Crippen LogP contribution is -2.34. The standard InChI is InChI=1S/C24H35N5O2/c1-5-16(2)24(31)28-14-8-9-21(28)20-15-22-25-17(3)19(18(4)29(22)26-20)10-11-23(30)27-12-6-7-13-27/h15-16,21H,5-14H2,1-4H3/t16-,21+/m0/s1. The van der Waals surface area contributed by atoms with Crippen LogP contribution in [-0.4, -0.2) is 55.8 Å². The molecular formula is C24H35N5O2. The second-order valence-corrected chi connectivity index (χ2v) is 9.19. The molecule has 0 saturated carbocycles. The fraction of sp³-hybridized carbons (Fsp3) is 0.667. The zero-order valence-electron chi connectivity index (χ0n) is 19.4. The fourth-order valence-corrected chi connectivity index (χ4v) is 5.02. The van der Waals surface area contributed by atoms with E-state index in [9.17, 15) is 9.59 Å². The van der Waals surface area contributed by atoms with E-state index >= 15 is 0 Å². The first-order valence-corrected chi connectivity index (χ1v) is 11.8. The van der Waals surface area contributed by atoms with E-state index in [1.54, 1.807) is 0 Å². The molecule has 0 bridgehead atoms. The van der Waals surface area contributed by atoms with Crippen LogP contribution in [0, 0.1) is 19.8 Å². The van der Waals surface area contributed by atoms with Gasteiger partial charge in [0.15, 0.2) is 5.65 Å². The van der Waals surface area contributed by atoms with Crippen LogP contribution in [0.25, 0.3) is 5.65 Å². The highest BCUT2D eigenvalue weighted by Gasteiger charge is 2.33. The van der Waals surface area contributed by atoms with Crippen molar-refractivity contribution in [3.05, 3.63) is 28.7 Å². The predicted molar refractivity (Wildman–Crippen MR) is 120 cm³/mol. The molecular weight excluding hydrogens is 390 g/mol. The quantitative estimate of drug-likeness (QED) is 0.709. The van der Waals surface area contributed by atoms with E-state index in [0.717, 1.165) is 80.0 Å². The van der Waals surface area contributed by atoms with Crippen LogP contribution in [-0.2, 0) is 16.0 Å². The van der Waals surface area contributed by atoms with Crippen LogP contribution in [0.1, 0.15) is 81.1 Å². The molecule has 2 aromatic heterocycles. The Balaban J connectivity index is 1.57. The summed E-state index contributed by atoms with van der Waals surface area (Å²) in [5, 5.41) is 4.88. The van der Waals surface area contributed by atoms with E-state index in [4.69, 9.17) is 10.1 Å². The minimum atomic E-state index is 0.0306. The fourth-order valence-electron chi connectivity index (χ4n) is 5.02. The van der Waals surface area contributed by atoms with Crippen molar-refractivity contribution >= 4 is 17.5 Å². The number of rotatable bonds is 6. The van der Waals surface area contributed by atoms with Crippen molar-refractivity contribution in [3.63, 3.8) is 0 Å². The zero-order valence-corrected chi connectivity index (χ0v) is 19.4. The van der Waals surface area contributed by atoms with Crippen LogP contribution in [0.4, 0.5) is 0 Å². The van der Waals surface area contributed by atoms with Crippen molar-refractivity contribution in [2.24, 2.45) is 5.92 Å². The lowest BCUT2D eigenvalue weighted by atomic mass is 10.1. The Morgan fingerprint density at radius 1 is 1.16 bits per heavy atom. The summed E-state index contributed by atoms with van der Waals surface area (Å²) in [7, 11) is 0. The number of aryl methyl sites for hydroxylation is 2. The van der Waals surface area contributed by atoms with E-state index < -0.39 is 0 Å². The molecule has 2 aliphatic heterocycles. The van der Waals surface area contributed by atoms with Gasteiger partial charge in [0.1, 0.15) is 0 Å². The van der Waals surface area contributed by atoms with Crippen LogP contribution in [0.15, 0.2) is 6.07 Å². The van der Waals surface area contributed by atoms with Gasteiger partial charge < -0.3 is 9.80 Å². The molecule has 2 fully saturated rings. The molecule has 31 heavy (non-hydrogen) atoms. The maximum atomic E-state index is 12.8. The molecule has 4 heterocycles. The molecule has 7 nitrogen and oxygen atoms in total. The highest BCUT2D eigenvalue weighted by Crippen LogP contribution is 2.33. The summed E-state index contributed by atoms with van der Waals surface area (Å²) < 4.78 is 1.90. The van der Waals surface area contributed by atoms with Crippen molar-refractivity contribution in [3.8, 4) is 0 Å². The van der Waals surface area contributed by atoms with Gasteiger partial charge >= 0.3 is 0 Å². The van der Waals surface area contributed by atoms with Crippen molar-refractivity contribution in [1.82, 2.24) is 24.4 Å². The Morgan fingerprint density at radius 2 is 1.90 bits per heavy atom. The van der Waals surface area contributed by atoms with Crippen molar-refractivity contribution < 1.29 is 9.59 Å². The number of amides is 2. The zero-order chi connectivity index (χ0) is 22.1. The number of likely N-dealkylation sites (tertiary alicyclic amines) is 2. The van der Waals surface area contributed by atoms with Gasteiger partial charge in [0.2, 0.25) is 11.8 Å². The van der Waals surface area contributed by atoms with Crippen LogP contribution in [0.3, 0.4) is 0 Å². The molecule has 0 aliphatic carbocycles. The van der Waals surface area contributed by atoms with Gasteiger partial charge in [-0.05, 0) is 57.9 Å². The molecule has 2 atom stereocenters. The molecule has 7 heteroatoms. The molecule has 2 aliphatic rings. The van der Waals surface area contributed by atoms with E-state index in [1.165, 1.54) is 0 Å². The summed E-state index contributed by atoms with van der Waals surface area (Å²) in [5.74, 6) is 0.506. The maximum Gasteiger partial charge on any atom is 0.225 e. The average Bonchev–Trinajstić information content (AvgIpc) is 3.52. The monoisotopic (exact) mass is 425 g/mol. The van der Waals surface area contributed by atoms with Gasteiger partial charge in [0, 0.05) is 49.4 Å². The summed E-state index contributed by atoms with van der Waals surface area (Å²) in [5.41, 5.74) is 4.86. The van der Waals surface area contributed by atoms with Gasteiger partial charge in [0.25, 0.3) is 0 Å². The topological polar surface area (TPSA) is 70.8 Å². The summed E-state index contributed by atoms with van der Waals surface area (Å²) in [6.07, 6.45) is 6.25. The number of hydrogen-bond acceptors (Lipinski definition) is 4. The van der Waals surface area contributed by atoms with E-state index in [0.29, 0.717) is 12.8 Å². The Bertz CT molecular complexity index is 976. The molecule has 0 aromatic carbocycles. The SMILES string of the molecule is CC[C@H](C)C(=O)N1CCC[C@@H]1c1cc2nc(C)c(CCC(=O)N3CCCC3)c(C)n2n1. The second kappa shape index (κ2) is 8.97. The van der Waals surface area contributed by atoms with Crippen LogP contribution >= 0.6 is 0 Å². The normalized spacial score (nSPS) is 20.1. The average molecular weight is 426 g/mol.